The van der Waals surface area contributed by atoms with Gasteiger partial charge in [-0.1, -0.05) is 48.5 Å². The van der Waals surface area contributed by atoms with Gasteiger partial charge in [-0.05, 0) is 38.1 Å². The van der Waals surface area contributed by atoms with Gasteiger partial charge in [0.05, 0.1) is 24.6 Å². The fraction of sp³-hybridized carbons (Fsp3) is 0.240. The summed E-state index contributed by atoms with van der Waals surface area (Å²) in [7, 11) is 0. The van der Waals surface area contributed by atoms with Crippen molar-refractivity contribution in [1.82, 2.24) is 0 Å². The van der Waals surface area contributed by atoms with Crippen LogP contribution in [0.5, 0.6) is 11.5 Å². The molecular weight excluding hydrogens is 360 g/mol. The third-order valence-corrected chi connectivity index (χ3v) is 4.91. The molecule has 148 valence electrons. The van der Waals surface area contributed by atoms with E-state index in [1.165, 1.54) is 0 Å². The number of para-hydroxylation sites is 4. The van der Waals surface area contributed by atoms with Crippen molar-refractivity contribution in [2.24, 2.45) is 0 Å². The fourth-order valence-electron chi connectivity index (χ4n) is 3.62. The average Bonchev–Trinajstić information content (AvgIpc) is 3.09. The first kappa shape index (κ1) is 19.2. The standard InChI is InChI=1S/C25H26N2O2/c1-3-28-24-15-9-5-11-20(24)17-26-19-27(23-14-8-7-13-22(23)26)18-21-12-6-10-16-25(21)29-4-2/h5-16H,3-4,17-18H2,1-2H3. The highest BCUT2D eigenvalue weighted by Gasteiger charge is 2.28. The molecule has 0 aromatic heterocycles. The first-order valence-electron chi connectivity index (χ1n) is 10.1. The lowest BCUT2D eigenvalue weighted by Gasteiger charge is -2.21. The highest BCUT2D eigenvalue weighted by atomic mass is 16.5. The molecule has 0 saturated heterocycles. The molecule has 1 aliphatic rings. The highest BCUT2D eigenvalue weighted by Crippen LogP contribution is 2.41. The molecule has 3 aromatic rings. The maximum Gasteiger partial charge on any atom is 0.209 e. The van der Waals surface area contributed by atoms with E-state index in [0.717, 1.165) is 34.0 Å². The van der Waals surface area contributed by atoms with E-state index < -0.39 is 0 Å². The van der Waals surface area contributed by atoms with E-state index in [4.69, 9.17) is 9.47 Å². The lowest BCUT2D eigenvalue weighted by atomic mass is 10.1. The predicted molar refractivity (Wildman–Crippen MR) is 117 cm³/mol. The van der Waals surface area contributed by atoms with E-state index in [1.807, 2.05) is 38.1 Å². The first-order valence-corrected chi connectivity index (χ1v) is 10.1. The Bertz CT molecular complexity index is 880. The van der Waals surface area contributed by atoms with Gasteiger partial charge in [0.15, 0.2) is 0 Å². The van der Waals surface area contributed by atoms with Crippen molar-refractivity contribution >= 4 is 11.4 Å². The molecule has 0 fully saturated rings. The van der Waals surface area contributed by atoms with Gasteiger partial charge in [0.25, 0.3) is 0 Å². The predicted octanol–water partition coefficient (Wildman–Crippen LogP) is 5.51. The second-order valence-electron chi connectivity index (χ2n) is 6.84. The second kappa shape index (κ2) is 8.91. The third kappa shape index (κ3) is 4.16. The molecule has 1 heterocycles. The minimum atomic E-state index is 0.654. The van der Waals surface area contributed by atoms with Gasteiger partial charge in [-0.25, -0.2) is 0 Å². The largest absolute Gasteiger partial charge is 0.494 e. The Morgan fingerprint density at radius 3 is 1.48 bits per heavy atom. The summed E-state index contributed by atoms with van der Waals surface area (Å²) in [4.78, 5) is 4.33. The van der Waals surface area contributed by atoms with Crippen molar-refractivity contribution in [2.45, 2.75) is 26.9 Å². The van der Waals surface area contributed by atoms with E-state index in [9.17, 15) is 0 Å². The summed E-state index contributed by atoms with van der Waals surface area (Å²) in [6.07, 6.45) is 0. The van der Waals surface area contributed by atoms with Crippen molar-refractivity contribution in [3.63, 3.8) is 0 Å². The summed E-state index contributed by atoms with van der Waals surface area (Å²) in [5, 5.41) is 0. The summed E-state index contributed by atoms with van der Waals surface area (Å²) >= 11 is 0. The molecule has 4 rings (SSSR count). The molecule has 0 spiro atoms. The Labute approximate surface area is 173 Å². The Hall–Kier alpha value is -3.14. The molecule has 0 atom stereocenters. The van der Waals surface area contributed by atoms with Gasteiger partial charge in [-0.3, -0.25) is 0 Å². The van der Waals surface area contributed by atoms with Crippen molar-refractivity contribution < 1.29 is 9.47 Å². The number of rotatable bonds is 8. The molecular formula is C25H26N2O2. The summed E-state index contributed by atoms with van der Waals surface area (Å²) in [5.74, 6) is 1.85. The van der Waals surface area contributed by atoms with Gasteiger partial charge in [0.1, 0.15) is 11.5 Å². The Morgan fingerprint density at radius 1 is 0.621 bits per heavy atom. The van der Waals surface area contributed by atoms with E-state index in [1.54, 1.807) is 0 Å². The Balaban J connectivity index is 1.59. The smallest absolute Gasteiger partial charge is 0.209 e. The summed E-state index contributed by atoms with van der Waals surface area (Å²) in [6.45, 7) is 10.3. The number of fused-ring (bicyclic) bond motifs is 1. The van der Waals surface area contributed by atoms with Crippen molar-refractivity contribution in [2.75, 3.05) is 23.0 Å². The number of hydrogen-bond acceptors (Lipinski definition) is 4. The van der Waals surface area contributed by atoms with Gasteiger partial charge < -0.3 is 19.3 Å². The third-order valence-electron chi connectivity index (χ3n) is 4.91. The van der Waals surface area contributed by atoms with E-state index in [2.05, 4.69) is 65.0 Å². The van der Waals surface area contributed by atoms with Gasteiger partial charge >= 0.3 is 0 Å². The molecule has 29 heavy (non-hydrogen) atoms. The minimum absolute atomic E-state index is 0.654. The summed E-state index contributed by atoms with van der Waals surface area (Å²) in [6, 6.07) is 24.8. The monoisotopic (exact) mass is 386 g/mol. The van der Waals surface area contributed by atoms with Crippen LogP contribution in [0.1, 0.15) is 25.0 Å². The van der Waals surface area contributed by atoms with Crippen LogP contribution < -0.4 is 19.3 Å². The highest BCUT2D eigenvalue weighted by molar-refractivity contribution is 5.78. The lowest BCUT2D eigenvalue weighted by Crippen LogP contribution is -2.25. The second-order valence-corrected chi connectivity index (χ2v) is 6.84. The van der Waals surface area contributed by atoms with Crippen LogP contribution in [0.2, 0.25) is 0 Å². The molecule has 0 saturated carbocycles. The number of benzene rings is 3. The zero-order valence-electron chi connectivity index (χ0n) is 17.0. The fourth-order valence-corrected chi connectivity index (χ4v) is 3.62. The molecule has 4 heteroatoms. The Morgan fingerprint density at radius 2 is 1.03 bits per heavy atom. The summed E-state index contributed by atoms with van der Waals surface area (Å²) in [5.41, 5.74) is 4.59. The van der Waals surface area contributed by atoms with E-state index >= 15 is 0 Å². The molecule has 4 nitrogen and oxygen atoms in total. The zero-order valence-corrected chi connectivity index (χ0v) is 17.0. The molecule has 2 radical (unpaired) electrons. The van der Waals surface area contributed by atoms with Gasteiger partial charge in [0, 0.05) is 24.2 Å². The van der Waals surface area contributed by atoms with Gasteiger partial charge in [0.2, 0.25) is 6.67 Å². The van der Waals surface area contributed by atoms with E-state index in [-0.39, 0.29) is 0 Å². The van der Waals surface area contributed by atoms with Crippen LogP contribution in [0, 0.1) is 6.67 Å². The number of hydrogen-bond donors (Lipinski definition) is 0. The van der Waals surface area contributed by atoms with Crippen LogP contribution in [0.4, 0.5) is 11.4 Å². The molecule has 0 amide bonds. The molecule has 3 aromatic carbocycles. The molecule has 0 aliphatic carbocycles. The maximum absolute atomic E-state index is 5.82. The van der Waals surface area contributed by atoms with Crippen LogP contribution in [-0.4, -0.2) is 13.2 Å². The minimum Gasteiger partial charge on any atom is -0.494 e. The quantitative estimate of drug-likeness (QED) is 0.510. The first-order chi connectivity index (χ1) is 14.3. The molecule has 1 aliphatic heterocycles. The average molecular weight is 386 g/mol. The van der Waals surface area contributed by atoms with E-state index in [0.29, 0.717) is 26.3 Å². The maximum atomic E-state index is 5.82. The van der Waals surface area contributed by atoms with Gasteiger partial charge in [-0.2, -0.15) is 0 Å². The van der Waals surface area contributed by atoms with Crippen LogP contribution >= 0.6 is 0 Å². The van der Waals surface area contributed by atoms with Crippen molar-refractivity contribution in [3.05, 3.63) is 90.6 Å². The van der Waals surface area contributed by atoms with Crippen molar-refractivity contribution in [3.8, 4) is 11.5 Å². The molecule has 0 bridgehead atoms. The SMILES string of the molecule is CCOc1ccccc1CN1[C]N(Cc2ccccc2OCC)c2ccccc21. The normalized spacial score (nSPS) is 12.8. The number of ether oxygens (including phenoxy) is 2. The topological polar surface area (TPSA) is 24.9 Å². The van der Waals surface area contributed by atoms with Gasteiger partial charge in [-0.15, -0.1) is 0 Å². The Kier molecular flexibility index (Phi) is 5.89. The summed E-state index contributed by atoms with van der Waals surface area (Å²) < 4.78 is 11.6. The lowest BCUT2D eigenvalue weighted by molar-refractivity contribution is 0.336. The zero-order chi connectivity index (χ0) is 20.1. The molecule has 0 unspecified atom stereocenters. The number of nitrogens with zero attached hydrogens (tertiary/aromatic N) is 2. The molecule has 0 N–H and O–H groups in total. The van der Waals surface area contributed by atoms with Crippen molar-refractivity contribution in [1.29, 1.82) is 0 Å². The van der Waals surface area contributed by atoms with Crippen LogP contribution in [0.25, 0.3) is 0 Å². The van der Waals surface area contributed by atoms with Crippen LogP contribution in [-0.2, 0) is 13.1 Å². The number of anilines is 2. The van der Waals surface area contributed by atoms with Crippen LogP contribution in [0.3, 0.4) is 0 Å². The van der Waals surface area contributed by atoms with Crippen LogP contribution in [0.15, 0.2) is 72.8 Å².